The number of benzene rings is 2. The van der Waals surface area contributed by atoms with Crippen LogP contribution in [0.3, 0.4) is 0 Å². The molecule has 1 aromatic heterocycles. The molecule has 1 heterocycles. The number of aliphatic hydroxyl groups excluding tert-OH is 1. The fraction of sp³-hybridized carbons (Fsp3) is 0.304. The van der Waals surface area contributed by atoms with Gasteiger partial charge in [0.05, 0.1) is 6.54 Å². The third-order valence-electron chi connectivity index (χ3n) is 4.61. The number of aromatic nitrogens is 2. The molecule has 0 aliphatic rings. The zero-order valence-corrected chi connectivity index (χ0v) is 19.5. The van der Waals surface area contributed by atoms with Crippen LogP contribution in [0, 0.1) is 0 Å². The Bertz CT molecular complexity index is 1140. The van der Waals surface area contributed by atoms with Gasteiger partial charge in [-0.05, 0) is 43.2 Å². The number of nitrogens with one attached hydrogen (secondary N) is 2. The number of alkyl halides is 3. The van der Waals surface area contributed by atoms with Crippen molar-refractivity contribution in [2.75, 3.05) is 25.0 Å². The molecule has 0 saturated heterocycles. The predicted octanol–water partition coefficient (Wildman–Crippen LogP) is 4.82. The number of anilines is 1. The van der Waals surface area contributed by atoms with Crippen LogP contribution < -0.4 is 20.1 Å². The Morgan fingerprint density at radius 2 is 1.89 bits per heavy atom. The quantitative estimate of drug-likeness (QED) is 0.319. The van der Waals surface area contributed by atoms with Gasteiger partial charge in [-0.1, -0.05) is 29.8 Å². The summed E-state index contributed by atoms with van der Waals surface area (Å²) in [6.45, 7) is 2.58. The molecule has 2 aromatic carbocycles. The lowest BCUT2D eigenvalue weighted by atomic mass is 10.2. The monoisotopic (exact) mass is 512 g/mol. The van der Waals surface area contributed by atoms with E-state index in [0.29, 0.717) is 18.0 Å². The minimum Gasteiger partial charge on any atom is -0.425 e. The number of amides is 1. The predicted molar refractivity (Wildman–Crippen MR) is 124 cm³/mol. The molecule has 0 fully saturated rings. The fourth-order valence-electron chi connectivity index (χ4n) is 3.16. The number of rotatable bonds is 11. The lowest BCUT2D eigenvalue weighted by molar-refractivity contribution is -0.274. The van der Waals surface area contributed by atoms with Gasteiger partial charge in [0.25, 0.3) is 5.91 Å². The maximum Gasteiger partial charge on any atom is 0.573 e. The summed E-state index contributed by atoms with van der Waals surface area (Å²) < 4.78 is 49.2. The first-order valence-corrected chi connectivity index (χ1v) is 11.1. The average molecular weight is 513 g/mol. The highest BCUT2D eigenvalue weighted by molar-refractivity contribution is 6.30. The molecule has 0 atom stereocenters. The Kier molecular flexibility index (Phi) is 8.83. The molecule has 0 aliphatic heterocycles. The van der Waals surface area contributed by atoms with Crippen LogP contribution in [0.5, 0.6) is 17.5 Å². The van der Waals surface area contributed by atoms with Gasteiger partial charge in [0, 0.05) is 30.8 Å². The van der Waals surface area contributed by atoms with Crippen LogP contribution in [0.1, 0.15) is 29.4 Å². The number of nitrogens with zero attached hydrogens (tertiary/aromatic N) is 2. The summed E-state index contributed by atoms with van der Waals surface area (Å²) >= 11 is 5.98. The Labute approximate surface area is 204 Å². The first kappa shape index (κ1) is 26.2. The molecule has 0 saturated carbocycles. The Morgan fingerprint density at radius 3 is 2.54 bits per heavy atom. The normalized spacial score (nSPS) is 11.3. The number of hydrogen-bond donors (Lipinski definition) is 3. The van der Waals surface area contributed by atoms with Crippen molar-refractivity contribution < 1.29 is 32.5 Å². The van der Waals surface area contributed by atoms with Crippen LogP contribution in [-0.4, -0.2) is 46.6 Å². The Balaban J connectivity index is 2.02. The average Bonchev–Trinajstić information content (AvgIpc) is 3.11. The zero-order valence-electron chi connectivity index (χ0n) is 18.7. The van der Waals surface area contributed by atoms with Crippen LogP contribution in [0.2, 0.25) is 5.02 Å². The van der Waals surface area contributed by atoms with E-state index in [9.17, 15) is 18.0 Å². The highest BCUT2D eigenvalue weighted by Gasteiger charge is 2.31. The molecule has 0 radical (unpaired) electrons. The highest BCUT2D eigenvalue weighted by atomic mass is 35.5. The smallest absolute Gasteiger partial charge is 0.425 e. The van der Waals surface area contributed by atoms with Crippen molar-refractivity contribution in [1.29, 1.82) is 0 Å². The van der Waals surface area contributed by atoms with Crippen molar-refractivity contribution >= 4 is 23.3 Å². The summed E-state index contributed by atoms with van der Waals surface area (Å²) in [5.74, 6) is -0.649. The van der Waals surface area contributed by atoms with Gasteiger partial charge in [0.15, 0.2) is 11.5 Å². The molecule has 3 N–H and O–H groups in total. The molecular formula is C23H24ClF3N4O4. The minimum absolute atomic E-state index is 0.0210. The van der Waals surface area contributed by atoms with Gasteiger partial charge in [0.1, 0.15) is 11.5 Å². The van der Waals surface area contributed by atoms with Gasteiger partial charge in [-0.2, -0.15) is 4.98 Å². The summed E-state index contributed by atoms with van der Waals surface area (Å²) in [5.41, 5.74) is 0.940. The standard InChI is InChI=1S/C23H24ClF3N4O4/c1-2-28-20-19(21(33)29-11-4-12-32)31(14-15-7-9-16(24)10-8-15)22(30-20)34-17-5-3-6-18(13-17)35-23(25,26)27/h3,5-10,13,28,32H,2,4,11-12,14H2,1H3,(H,29,33). The SMILES string of the molecule is CCNc1nc(Oc2cccc(OC(F)(F)F)c2)n(Cc2ccc(Cl)cc2)c1C(=O)NCCCO. The molecule has 35 heavy (non-hydrogen) atoms. The van der Waals surface area contributed by atoms with E-state index in [-0.39, 0.29) is 43.0 Å². The maximum absolute atomic E-state index is 13.0. The van der Waals surface area contributed by atoms with Crippen molar-refractivity contribution in [3.63, 3.8) is 0 Å². The number of hydrogen-bond acceptors (Lipinski definition) is 6. The molecule has 1 amide bonds. The zero-order chi connectivity index (χ0) is 25.4. The van der Waals surface area contributed by atoms with Crippen molar-refractivity contribution in [3.8, 4) is 17.5 Å². The lowest BCUT2D eigenvalue weighted by Gasteiger charge is -2.14. The first-order valence-electron chi connectivity index (χ1n) is 10.7. The van der Waals surface area contributed by atoms with Crippen LogP contribution >= 0.6 is 11.6 Å². The molecule has 3 rings (SSSR count). The van der Waals surface area contributed by atoms with Crippen LogP contribution in [-0.2, 0) is 6.54 Å². The summed E-state index contributed by atoms with van der Waals surface area (Å²) in [6, 6.07) is 11.9. The van der Waals surface area contributed by atoms with E-state index in [4.69, 9.17) is 21.4 Å². The van der Waals surface area contributed by atoms with E-state index in [1.807, 2.05) is 6.92 Å². The van der Waals surface area contributed by atoms with Gasteiger partial charge in [-0.15, -0.1) is 13.2 Å². The van der Waals surface area contributed by atoms with E-state index in [0.717, 1.165) is 17.7 Å². The summed E-state index contributed by atoms with van der Waals surface area (Å²) in [4.78, 5) is 17.4. The minimum atomic E-state index is -4.86. The molecule has 12 heteroatoms. The molecule has 3 aromatic rings. The second-order valence-electron chi connectivity index (χ2n) is 7.29. The highest BCUT2D eigenvalue weighted by Crippen LogP contribution is 2.31. The van der Waals surface area contributed by atoms with Crippen LogP contribution in [0.15, 0.2) is 48.5 Å². The summed E-state index contributed by atoms with van der Waals surface area (Å²) in [7, 11) is 0. The lowest BCUT2D eigenvalue weighted by Crippen LogP contribution is -2.28. The molecule has 0 unspecified atom stereocenters. The Morgan fingerprint density at radius 1 is 1.17 bits per heavy atom. The van der Waals surface area contributed by atoms with Crippen molar-refractivity contribution in [2.24, 2.45) is 0 Å². The second-order valence-corrected chi connectivity index (χ2v) is 7.73. The number of carbonyl (C=O) groups excluding carboxylic acids is 1. The van der Waals surface area contributed by atoms with Gasteiger partial charge in [0.2, 0.25) is 0 Å². The summed E-state index contributed by atoms with van der Waals surface area (Å²) in [6.07, 6.45) is -4.49. The van der Waals surface area contributed by atoms with Crippen molar-refractivity contribution in [1.82, 2.24) is 14.9 Å². The van der Waals surface area contributed by atoms with E-state index in [2.05, 4.69) is 20.4 Å². The molecule has 0 spiro atoms. The van der Waals surface area contributed by atoms with Gasteiger partial charge in [-0.25, -0.2) is 0 Å². The topological polar surface area (TPSA) is 97.6 Å². The second kappa shape index (κ2) is 11.8. The molecule has 8 nitrogen and oxygen atoms in total. The summed E-state index contributed by atoms with van der Waals surface area (Å²) in [5, 5.41) is 15.3. The number of ether oxygens (including phenoxy) is 2. The third kappa shape index (κ3) is 7.52. The van der Waals surface area contributed by atoms with Gasteiger partial charge < -0.3 is 25.2 Å². The first-order chi connectivity index (χ1) is 16.7. The van der Waals surface area contributed by atoms with E-state index >= 15 is 0 Å². The third-order valence-corrected chi connectivity index (χ3v) is 4.87. The number of aliphatic hydroxyl groups is 1. The van der Waals surface area contributed by atoms with Crippen LogP contribution in [0.4, 0.5) is 19.0 Å². The number of imidazole rings is 1. The number of halogens is 4. The van der Waals surface area contributed by atoms with Gasteiger partial charge >= 0.3 is 12.4 Å². The maximum atomic E-state index is 13.0. The molecule has 0 aliphatic carbocycles. The molecular weight excluding hydrogens is 489 g/mol. The van der Waals surface area contributed by atoms with Crippen molar-refractivity contribution in [3.05, 3.63) is 64.8 Å². The molecule has 188 valence electrons. The van der Waals surface area contributed by atoms with Gasteiger partial charge in [-0.3, -0.25) is 9.36 Å². The number of carbonyl (C=O) groups is 1. The Hall–Kier alpha value is -3.44. The van der Waals surface area contributed by atoms with E-state index < -0.39 is 18.0 Å². The van der Waals surface area contributed by atoms with Crippen LogP contribution in [0.25, 0.3) is 0 Å². The molecule has 0 bridgehead atoms. The van der Waals surface area contributed by atoms with E-state index in [1.165, 1.54) is 16.7 Å². The fourth-order valence-corrected chi connectivity index (χ4v) is 3.28. The largest absolute Gasteiger partial charge is 0.573 e. The van der Waals surface area contributed by atoms with Crippen molar-refractivity contribution in [2.45, 2.75) is 26.3 Å². The van der Waals surface area contributed by atoms with E-state index in [1.54, 1.807) is 24.3 Å².